The highest BCUT2D eigenvalue weighted by molar-refractivity contribution is 6.31. The Kier molecular flexibility index (Phi) is 4.82. The van der Waals surface area contributed by atoms with Crippen LogP contribution in [-0.4, -0.2) is 23.6 Å². The molecule has 2 N–H and O–H groups in total. The van der Waals surface area contributed by atoms with E-state index in [1.165, 1.54) is 18.3 Å². The average molecular weight is 396 g/mol. The molecule has 7 nitrogen and oxygen atoms in total. The van der Waals surface area contributed by atoms with Crippen LogP contribution in [0.15, 0.2) is 60.8 Å². The van der Waals surface area contributed by atoms with Gasteiger partial charge in [-0.3, -0.25) is 14.6 Å². The number of amides is 2. The molecule has 2 aromatic carbocycles. The molecule has 0 radical (unpaired) electrons. The molecule has 0 atom stereocenters. The van der Waals surface area contributed by atoms with Crippen molar-refractivity contribution >= 4 is 34.8 Å². The van der Waals surface area contributed by atoms with Gasteiger partial charge in [0.05, 0.1) is 0 Å². The Hall–Kier alpha value is -3.58. The molecule has 0 fully saturated rings. The molecule has 8 heteroatoms. The predicted molar refractivity (Wildman–Crippen MR) is 104 cm³/mol. The number of pyridine rings is 1. The zero-order chi connectivity index (χ0) is 19.5. The number of carbonyl (C=O) groups excluding carboxylic acids is 2. The summed E-state index contributed by atoms with van der Waals surface area (Å²) in [6.07, 6.45) is 1.40. The second-order valence-corrected chi connectivity index (χ2v) is 6.35. The first-order chi connectivity index (χ1) is 13.6. The van der Waals surface area contributed by atoms with Crippen molar-refractivity contribution in [2.24, 2.45) is 0 Å². The minimum Gasteiger partial charge on any atom is -0.454 e. The fourth-order valence-electron chi connectivity index (χ4n) is 2.63. The van der Waals surface area contributed by atoms with E-state index in [-0.39, 0.29) is 18.4 Å². The molecule has 2 heterocycles. The first-order valence-corrected chi connectivity index (χ1v) is 8.70. The van der Waals surface area contributed by atoms with E-state index >= 15 is 0 Å². The van der Waals surface area contributed by atoms with Crippen LogP contribution in [0.5, 0.6) is 11.5 Å². The molecule has 0 unspecified atom stereocenters. The number of hydrogen-bond donors (Lipinski definition) is 2. The summed E-state index contributed by atoms with van der Waals surface area (Å²) >= 11 is 5.92. The lowest BCUT2D eigenvalue weighted by Gasteiger charge is -2.08. The van der Waals surface area contributed by atoms with Gasteiger partial charge in [-0.25, -0.2) is 0 Å². The maximum absolute atomic E-state index is 12.5. The van der Waals surface area contributed by atoms with Crippen molar-refractivity contribution < 1.29 is 19.1 Å². The summed E-state index contributed by atoms with van der Waals surface area (Å²) < 4.78 is 10.5. The molecular formula is C20H14ClN3O4. The summed E-state index contributed by atoms with van der Waals surface area (Å²) in [5.41, 5.74) is 1.49. The quantitative estimate of drug-likeness (QED) is 0.697. The molecule has 1 aliphatic heterocycles. The summed E-state index contributed by atoms with van der Waals surface area (Å²) in [4.78, 5) is 29.0. The van der Waals surface area contributed by atoms with Gasteiger partial charge in [0.2, 0.25) is 6.79 Å². The molecule has 1 aliphatic rings. The van der Waals surface area contributed by atoms with E-state index < -0.39 is 5.91 Å². The van der Waals surface area contributed by atoms with Gasteiger partial charge in [0.15, 0.2) is 11.5 Å². The highest BCUT2D eigenvalue weighted by atomic mass is 35.5. The summed E-state index contributed by atoms with van der Waals surface area (Å²) in [5, 5.41) is 5.96. The normalized spacial score (nSPS) is 11.8. The number of aromatic nitrogens is 1. The monoisotopic (exact) mass is 395 g/mol. The van der Waals surface area contributed by atoms with E-state index in [4.69, 9.17) is 21.1 Å². The zero-order valence-corrected chi connectivity index (χ0v) is 15.2. The van der Waals surface area contributed by atoms with Crippen LogP contribution in [0.4, 0.5) is 11.4 Å². The predicted octanol–water partition coefficient (Wildman–Crippen LogP) is 3.97. The molecule has 0 spiro atoms. The van der Waals surface area contributed by atoms with Crippen LogP contribution in [-0.2, 0) is 0 Å². The number of rotatable bonds is 4. The van der Waals surface area contributed by atoms with E-state index in [0.29, 0.717) is 33.5 Å². The molecule has 0 saturated heterocycles. The lowest BCUT2D eigenvalue weighted by Crippen LogP contribution is -2.17. The number of benzene rings is 2. The Morgan fingerprint density at radius 3 is 2.54 bits per heavy atom. The molecule has 0 saturated carbocycles. The summed E-state index contributed by atoms with van der Waals surface area (Å²) in [7, 11) is 0. The van der Waals surface area contributed by atoms with Crippen molar-refractivity contribution in [1.29, 1.82) is 0 Å². The van der Waals surface area contributed by atoms with Crippen LogP contribution in [0.1, 0.15) is 20.8 Å². The standard InChI is InChI=1S/C20H14ClN3O4/c21-13-2-1-3-14(9-13)24-20(26)16-8-12(6-7-22-16)19(25)23-15-4-5-17-18(10-15)28-11-27-17/h1-10H,11H2,(H,23,25)(H,24,26). The van der Waals surface area contributed by atoms with Crippen LogP contribution >= 0.6 is 11.6 Å². The molecule has 4 rings (SSSR count). The fraction of sp³-hybridized carbons (Fsp3) is 0.0500. The van der Waals surface area contributed by atoms with Crippen molar-refractivity contribution in [3.8, 4) is 11.5 Å². The van der Waals surface area contributed by atoms with Crippen molar-refractivity contribution in [3.05, 3.63) is 77.1 Å². The highest BCUT2D eigenvalue weighted by Gasteiger charge is 2.16. The Bertz CT molecular complexity index is 1070. The Labute approximate surface area is 165 Å². The Morgan fingerprint density at radius 1 is 0.893 bits per heavy atom. The van der Waals surface area contributed by atoms with Crippen LogP contribution < -0.4 is 20.1 Å². The maximum Gasteiger partial charge on any atom is 0.274 e. The largest absolute Gasteiger partial charge is 0.454 e. The van der Waals surface area contributed by atoms with Crippen LogP contribution in [0.25, 0.3) is 0 Å². The van der Waals surface area contributed by atoms with Crippen molar-refractivity contribution in [3.63, 3.8) is 0 Å². The second kappa shape index (κ2) is 7.58. The van der Waals surface area contributed by atoms with Gasteiger partial charge in [0.1, 0.15) is 5.69 Å². The third-order valence-corrected chi connectivity index (χ3v) is 4.20. The van der Waals surface area contributed by atoms with Crippen molar-refractivity contribution in [1.82, 2.24) is 4.98 Å². The minimum atomic E-state index is -0.444. The SMILES string of the molecule is O=C(Nc1ccc2c(c1)OCO2)c1ccnc(C(=O)Nc2cccc(Cl)c2)c1. The van der Waals surface area contributed by atoms with Gasteiger partial charge in [-0.15, -0.1) is 0 Å². The van der Waals surface area contributed by atoms with Crippen molar-refractivity contribution in [2.75, 3.05) is 17.4 Å². The van der Waals surface area contributed by atoms with Gasteiger partial charge in [-0.2, -0.15) is 0 Å². The van der Waals surface area contributed by atoms with Gasteiger partial charge >= 0.3 is 0 Å². The van der Waals surface area contributed by atoms with E-state index in [0.717, 1.165) is 0 Å². The van der Waals surface area contributed by atoms with Gasteiger partial charge in [0.25, 0.3) is 11.8 Å². The molecule has 0 bridgehead atoms. The van der Waals surface area contributed by atoms with Gasteiger partial charge in [-0.1, -0.05) is 17.7 Å². The molecule has 28 heavy (non-hydrogen) atoms. The number of fused-ring (bicyclic) bond motifs is 1. The highest BCUT2D eigenvalue weighted by Crippen LogP contribution is 2.34. The molecule has 2 amide bonds. The van der Waals surface area contributed by atoms with E-state index in [1.807, 2.05) is 0 Å². The number of nitrogens with zero attached hydrogens (tertiary/aromatic N) is 1. The zero-order valence-electron chi connectivity index (χ0n) is 14.4. The number of anilines is 2. The average Bonchev–Trinajstić information content (AvgIpc) is 3.16. The first-order valence-electron chi connectivity index (χ1n) is 8.32. The van der Waals surface area contributed by atoms with E-state index in [1.54, 1.807) is 42.5 Å². The fourth-order valence-corrected chi connectivity index (χ4v) is 2.83. The van der Waals surface area contributed by atoms with Crippen LogP contribution in [0, 0.1) is 0 Å². The molecule has 0 aliphatic carbocycles. The second-order valence-electron chi connectivity index (χ2n) is 5.92. The van der Waals surface area contributed by atoms with E-state index in [2.05, 4.69) is 15.6 Å². The van der Waals surface area contributed by atoms with E-state index in [9.17, 15) is 9.59 Å². The smallest absolute Gasteiger partial charge is 0.274 e. The minimum absolute atomic E-state index is 0.110. The summed E-state index contributed by atoms with van der Waals surface area (Å²) in [6, 6.07) is 14.8. The van der Waals surface area contributed by atoms with Crippen LogP contribution in [0.2, 0.25) is 5.02 Å². The molecule has 3 aromatic rings. The topological polar surface area (TPSA) is 89.6 Å². The summed E-state index contributed by atoms with van der Waals surface area (Å²) in [6.45, 7) is 0.155. The molecule has 140 valence electrons. The van der Waals surface area contributed by atoms with Gasteiger partial charge in [-0.05, 0) is 42.5 Å². The third kappa shape index (κ3) is 3.89. The number of halogens is 1. The number of carbonyl (C=O) groups is 2. The van der Waals surface area contributed by atoms with Gasteiger partial charge < -0.3 is 20.1 Å². The molecular weight excluding hydrogens is 382 g/mol. The maximum atomic E-state index is 12.5. The van der Waals surface area contributed by atoms with Crippen molar-refractivity contribution in [2.45, 2.75) is 0 Å². The number of hydrogen-bond acceptors (Lipinski definition) is 5. The summed E-state index contributed by atoms with van der Waals surface area (Å²) in [5.74, 6) is 0.370. The Morgan fingerprint density at radius 2 is 1.68 bits per heavy atom. The number of ether oxygens (including phenoxy) is 2. The van der Waals surface area contributed by atoms with Crippen LogP contribution in [0.3, 0.4) is 0 Å². The lowest BCUT2D eigenvalue weighted by molar-refractivity contribution is 0.102. The lowest BCUT2D eigenvalue weighted by atomic mass is 10.2. The first kappa shape index (κ1) is 17.8. The molecule has 1 aromatic heterocycles. The number of nitrogens with one attached hydrogen (secondary N) is 2. The third-order valence-electron chi connectivity index (χ3n) is 3.97. The van der Waals surface area contributed by atoms with Gasteiger partial charge in [0, 0.05) is 34.2 Å². The Balaban J connectivity index is 1.48.